The molecule has 0 bridgehead atoms. The second-order valence-corrected chi connectivity index (χ2v) is 4.90. The van der Waals surface area contributed by atoms with E-state index >= 15 is 0 Å². The lowest BCUT2D eigenvalue weighted by Gasteiger charge is -2.15. The Bertz CT molecular complexity index is 526. The summed E-state index contributed by atoms with van der Waals surface area (Å²) in [4.78, 5) is 0. The van der Waals surface area contributed by atoms with E-state index in [1.807, 2.05) is 6.07 Å². The number of nitrogens with one attached hydrogen (secondary N) is 1. The molecular formula is C14H16BrNO2. The zero-order chi connectivity index (χ0) is 13.0. The Balaban J connectivity index is 2.12. The van der Waals surface area contributed by atoms with E-state index in [4.69, 9.17) is 9.47 Å². The number of methoxy groups -OCH3 is 2. The predicted octanol–water partition coefficient (Wildman–Crippen LogP) is 3.63. The molecule has 0 saturated carbocycles. The van der Waals surface area contributed by atoms with Crippen molar-refractivity contribution in [3.8, 4) is 0 Å². The molecule has 3 nitrogen and oxygen atoms in total. The van der Waals surface area contributed by atoms with Crippen molar-refractivity contribution in [3.63, 3.8) is 0 Å². The van der Waals surface area contributed by atoms with Crippen LogP contribution in [0.25, 0.3) is 10.8 Å². The van der Waals surface area contributed by atoms with E-state index in [-0.39, 0.29) is 6.29 Å². The SMILES string of the molecule is COC(CNc1ccc2cc(Br)ccc2c1)OC. The fraction of sp³-hybridized carbons (Fsp3) is 0.286. The lowest BCUT2D eigenvalue weighted by atomic mass is 10.1. The highest BCUT2D eigenvalue weighted by atomic mass is 79.9. The largest absolute Gasteiger partial charge is 0.380 e. The third-order valence-corrected chi connectivity index (χ3v) is 3.29. The quantitative estimate of drug-likeness (QED) is 0.856. The maximum Gasteiger partial charge on any atom is 0.173 e. The van der Waals surface area contributed by atoms with E-state index in [1.54, 1.807) is 14.2 Å². The first kappa shape index (κ1) is 13.3. The first-order valence-electron chi connectivity index (χ1n) is 5.71. The molecule has 0 unspecified atom stereocenters. The molecule has 0 atom stereocenters. The number of anilines is 1. The molecule has 0 aliphatic heterocycles. The van der Waals surface area contributed by atoms with Gasteiger partial charge in [0.15, 0.2) is 6.29 Å². The van der Waals surface area contributed by atoms with Crippen molar-refractivity contribution in [2.45, 2.75) is 6.29 Å². The van der Waals surface area contributed by atoms with Gasteiger partial charge in [0.25, 0.3) is 0 Å². The molecular weight excluding hydrogens is 294 g/mol. The van der Waals surface area contributed by atoms with Gasteiger partial charge in [0.1, 0.15) is 0 Å². The van der Waals surface area contributed by atoms with Crippen LogP contribution in [-0.2, 0) is 9.47 Å². The van der Waals surface area contributed by atoms with Gasteiger partial charge in [-0.05, 0) is 35.0 Å². The summed E-state index contributed by atoms with van der Waals surface area (Å²) in [6, 6.07) is 12.5. The highest BCUT2D eigenvalue weighted by Crippen LogP contribution is 2.22. The summed E-state index contributed by atoms with van der Waals surface area (Å²) in [7, 11) is 3.27. The van der Waals surface area contributed by atoms with Crippen LogP contribution in [0.15, 0.2) is 40.9 Å². The van der Waals surface area contributed by atoms with Crippen LogP contribution < -0.4 is 5.32 Å². The molecule has 0 spiro atoms. The highest BCUT2D eigenvalue weighted by Gasteiger charge is 2.04. The van der Waals surface area contributed by atoms with Crippen LogP contribution in [0.1, 0.15) is 0 Å². The minimum absolute atomic E-state index is 0.231. The molecule has 0 fully saturated rings. The van der Waals surface area contributed by atoms with Crippen LogP contribution in [0.2, 0.25) is 0 Å². The summed E-state index contributed by atoms with van der Waals surface area (Å²) in [6.07, 6.45) is -0.231. The van der Waals surface area contributed by atoms with Crippen LogP contribution in [0.5, 0.6) is 0 Å². The van der Waals surface area contributed by atoms with Gasteiger partial charge in [0.05, 0.1) is 6.54 Å². The number of fused-ring (bicyclic) bond motifs is 1. The third kappa shape index (κ3) is 3.22. The number of hydrogen-bond acceptors (Lipinski definition) is 3. The van der Waals surface area contributed by atoms with Crippen molar-refractivity contribution in [2.24, 2.45) is 0 Å². The van der Waals surface area contributed by atoms with E-state index in [2.05, 4.69) is 51.6 Å². The van der Waals surface area contributed by atoms with Gasteiger partial charge in [-0.15, -0.1) is 0 Å². The fourth-order valence-corrected chi connectivity index (χ4v) is 2.17. The van der Waals surface area contributed by atoms with Crippen molar-refractivity contribution in [2.75, 3.05) is 26.1 Å². The predicted molar refractivity (Wildman–Crippen MR) is 77.9 cm³/mol. The molecule has 2 aromatic rings. The van der Waals surface area contributed by atoms with Crippen LogP contribution >= 0.6 is 15.9 Å². The van der Waals surface area contributed by atoms with Crippen LogP contribution in [0.3, 0.4) is 0 Å². The Morgan fingerprint density at radius 1 is 1.06 bits per heavy atom. The van der Waals surface area contributed by atoms with E-state index in [0.717, 1.165) is 10.2 Å². The number of ether oxygens (including phenoxy) is 2. The Kier molecular flexibility index (Phi) is 4.58. The van der Waals surface area contributed by atoms with E-state index < -0.39 is 0 Å². The van der Waals surface area contributed by atoms with Gasteiger partial charge in [0, 0.05) is 24.4 Å². The maximum atomic E-state index is 5.13. The standard InChI is InChI=1S/C14H16BrNO2/c1-17-14(18-2)9-16-13-6-4-10-7-12(15)5-3-11(10)8-13/h3-8,14,16H,9H2,1-2H3. The Labute approximate surface area is 115 Å². The second kappa shape index (κ2) is 6.18. The van der Waals surface area contributed by atoms with E-state index in [0.29, 0.717) is 6.54 Å². The molecule has 2 rings (SSSR count). The Morgan fingerprint density at radius 2 is 1.72 bits per heavy atom. The number of halogens is 1. The Morgan fingerprint density at radius 3 is 2.44 bits per heavy atom. The van der Waals surface area contributed by atoms with Gasteiger partial charge in [0.2, 0.25) is 0 Å². The molecule has 96 valence electrons. The van der Waals surface area contributed by atoms with Crippen molar-refractivity contribution >= 4 is 32.4 Å². The Hall–Kier alpha value is -1.10. The molecule has 0 aliphatic rings. The van der Waals surface area contributed by atoms with E-state index in [1.165, 1.54) is 10.8 Å². The van der Waals surface area contributed by atoms with Gasteiger partial charge < -0.3 is 14.8 Å². The van der Waals surface area contributed by atoms with Crippen LogP contribution in [-0.4, -0.2) is 27.1 Å². The topological polar surface area (TPSA) is 30.5 Å². The van der Waals surface area contributed by atoms with Crippen LogP contribution in [0.4, 0.5) is 5.69 Å². The minimum atomic E-state index is -0.231. The summed E-state index contributed by atoms with van der Waals surface area (Å²) in [5.74, 6) is 0. The maximum absolute atomic E-state index is 5.13. The first-order chi connectivity index (χ1) is 8.72. The normalized spacial score (nSPS) is 11.1. The molecule has 18 heavy (non-hydrogen) atoms. The minimum Gasteiger partial charge on any atom is -0.380 e. The zero-order valence-electron chi connectivity index (χ0n) is 10.4. The molecule has 0 radical (unpaired) electrons. The second-order valence-electron chi connectivity index (χ2n) is 3.99. The molecule has 0 heterocycles. The molecule has 0 aliphatic carbocycles. The third-order valence-electron chi connectivity index (χ3n) is 2.80. The zero-order valence-corrected chi connectivity index (χ0v) is 12.0. The number of hydrogen-bond donors (Lipinski definition) is 1. The number of rotatable bonds is 5. The van der Waals surface area contributed by atoms with Crippen molar-refractivity contribution < 1.29 is 9.47 Å². The fourth-order valence-electron chi connectivity index (χ4n) is 1.79. The van der Waals surface area contributed by atoms with Crippen molar-refractivity contribution in [3.05, 3.63) is 40.9 Å². The van der Waals surface area contributed by atoms with Gasteiger partial charge >= 0.3 is 0 Å². The van der Waals surface area contributed by atoms with Crippen LogP contribution in [0, 0.1) is 0 Å². The van der Waals surface area contributed by atoms with E-state index in [9.17, 15) is 0 Å². The summed E-state index contributed by atoms with van der Waals surface area (Å²) >= 11 is 3.47. The van der Waals surface area contributed by atoms with Gasteiger partial charge in [-0.1, -0.05) is 28.1 Å². The molecule has 1 N–H and O–H groups in total. The molecule has 4 heteroatoms. The number of benzene rings is 2. The molecule has 0 aromatic heterocycles. The summed E-state index contributed by atoms with van der Waals surface area (Å²) < 4.78 is 11.4. The molecule has 0 saturated heterocycles. The summed E-state index contributed by atoms with van der Waals surface area (Å²) in [5, 5.41) is 5.71. The summed E-state index contributed by atoms with van der Waals surface area (Å²) in [5.41, 5.74) is 1.06. The average Bonchev–Trinajstić information content (AvgIpc) is 2.40. The average molecular weight is 310 g/mol. The van der Waals surface area contributed by atoms with Crippen molar-refractivity contribution in [1.29, 1.82) is 0 Å². The summed E-state index contributed by atoms with van der Waals surface area (Å²) in [6.45, 7) is 0.620. The highest BCUT2D eigenvalue weighted by molar-refractivity contribution is 9.10. The monoisotopic (exact) mass is 309 g/mol. The first-order valence-corrected chi connectivity index (χ1v) is 6.51. The lowest BCUT2D eigenvalue weighted by Crippen LogP contribution is -2.23. The molecule has 2 aromatic carbocycles. The lowest BCUT2D eigenvalue weighted by molar-refractivity contribution is -0.0914. The van der Waals surface area contributed by atoms with Crippen molar-refractivity contribution in [1.82, 2.24) is 0 Å². The van der Waals surface area contributed by atoms with Gasteiger partial charge in [-0.25, -0.2) is 0 Å². The van der Waals surface area contributed by atoms with Gasteiger partial charge in [-0.2, -0.15) is 0 Å². The van der Waals surface area contributed by atoms with Gasteiger partial charge in [-0.3, -0.25) is 0 Å². The smallest absolute Gasteiger partial charge is 0.173 e. The molecule has 0 amide bonds.